The number of hydrogen-bond donors (Lipinski definition) is 3. The molecule has 0 radical (unpaired) electrons. The van der Waals surface area contributed by atoms with E-state index in [9.17, 15) is 10.1 Å². The lowest BCUT2D eigenvalue weighted by Crippen LogP contribution is -2.18. The Hall–Kier alpha value is -1.96. The summed E-state index contributed by atoms with van der Waals surface area (Å²) < 4.78 is 0. The molecule has 0 aliphatic rings. The normalized spacial score (nSPS) is 11.9. The van der Waals surface area contributed by atoms with Gasteiger partial charge in [0, 0.05) is 19.2 Å². The van der Waals surface area contributed by atoms with Crippen LogP contribution in [0.4, 0.5) is 17.3 Å². The minimum atomic E-state index is -0.501. The summed E-state index contributed by atoms with van der Waals surface area (Å²) >= 11 is 0. The van der Waals surface area contributed by atoms with Crippen LogP contribution >= 0.6 is 0 Å². The van der Waals surface area contributed by atoms with Crippen molar-refractivity contribution >= 4 is 17.3 Å². The van der Waals surface area contributed by atoms with Crippen LogP contribution in [0.5, 0.6) is 0 Å². The van der Waals surface area contributed by atoms with E-state index in [1.165, 1.54) is 6.33 Å². The molecule has 0 saturated carbocycles. The van der Waals surface area contributed by atoms with Crippen LogP contribution < -0.4 is 10.6 Å². The predicted octanol–water partition coefficient (Wildman–Crippen LogP) is 1.39. The third kappa shape index (κ3) is 4.32. The van der Waals surface area contributed by atoms with Crippen LogP contribution in [0.25, 0.3) is 0 Å². The molecule has 1 aromatic heterocycles. The molecule has 0 bridgehead atoms. The topological polar surface area (TPSA) is 113 Å². The van der Waals surface area contributed by atoms with Crippen LogP contribution in [-0.4, -0.2) is 39.2 Å². The molecular weight excluding hydrogens is 250 g/mol. The smallest absolute Gasteiger partial charge is 0.353 e. The van der Waals surface area contributed by atoms with Crippen molar-refractivity contribution in [2.45, 2.75) is 32.7 Å². The quantitative estimate of drug-likeness (QED) is 0.482. The first-order valence-electron chi connectivity index (χ1n) is 6.20. The van der Waals surface area contributed by atoms with Gasteiger partial charge in [-0.1, -0.05) is 0 Å². The minimum Gasteiger partial charge on any atom is -0.396 e. The monoisotopic (exact) mass is 269 g/mol. The van der Waals surface area contributed by atoms with Crippen LogP contribution in [-0.2, 0) is 0 Å². The Morgan fingerprint density at radius 3 is 2.74 bits per heavy atom. The van der Waals surface area contributed by atoms with Gasteiger partial charge in [-0.15, -0.1) is 0 Å². The Bertz CT molecular complexity index is 427. The number of nitrogens with one attached hydrogen (secondary N) is 2. The lowest BCUT2D eigenvalue weighted by Gasteiger charge is -2.14. The number of anilines is 2. The van der Waals surface area contributed by atoms with Gasteiger partial charge < -0.3 is 15.7 Å². The number of hydrogen-bond acceptors (Lipinski definition) is 7. The first kappa shape index (κ1) is 15.1. The molecule has 1 atom stereocenters. The molecule has 0 fully saturated rings. The van der Waals surface area contributed by atoms with Crippen LogP contribution in [0.3, 0.4) is 0 Å². The first-order valence-corrected chi connectivity index (χ1v) is 6.20. The minimum absolute atomic E-state index is 0.0183. The zero-order valence-electron chi connectivity index (χ0n) is 11.1. The van der Waals surface area contributed by atoms with E-state index in [2.05, 4.69) is 20.6 Å². The Balaban J connectivity index is 2.93. The maximum Gasteiger partial charge on any atom is 0.353 e. The molecule has 1 unspecified atom stereocenters. The van der Waals surface area contributed by atoms with Crippen molar-refractivity contribution in [3.8, 4) is 0 Å². The van der Waals surface area contributed by atoms with Crippen molar-refractivity contribution in [3.63, 3.8) is 0 Å². The second kappa shape index (κ2) is 7.47. The maximum atomic E-state index is 11.1. The molecule has 1 rings (SSSR count). The van der Waals surface area contributed by atoms with E-state index < -0.39 is 4.92 Å². The van der Waals surface area contributed by atoms with Gasteiger partial charge in [-0.05, 0) is 26.7 Å². The van der Waals surface area contributed by atoms with E-state index in [-0.39, 0.29) is 30.0 Å². The summed E-state index contributed by atoms with van der Waals surface area (Å²) in [6.07, 6.45) is 2.62. The first-order chi connectivity index (χ1) is 9.10. The van der Waals surface area contributed by atoms with E-state index in [0.717, 1.165) is 0 Å². The standard InChI is InChI=1S/C11H19N5O3/c1-3-12-10-9(16(18)19)11(14-7-13-10)15-8(2)5-4-6-17/h7-8,17H,3-6H2,1-2H3,(H2,12,13,14,15). The molecule has 0 aliphatic carbocycles. The lowest BCUT2D eigenvalue weighted by atomic mass is 10.2. The second-order valence-electron chi connectivity index (χ2n) is 4.12. The Morgan fingerprint density at radius 1 is 1.47 bits per heavy atom. The Morgan fingerprint density at radius 2 is 2.16 bits per heavy atom. The number of aliphatic hydroxyl groups is 1. The molecule has 3 N–H and O–H groups in total. The third-order valence-electron chi connectivity index (χ3n) is 2.53. The van der Waals surface area contributed by atoms with Gasteiger partial charge >= 0.3 is 5.69 Å². The van der Waals surface area contributed by atoms with Crippen molar-refractivity contribution in [3.05, 3.63) is 16.4 Å². The number of nitro groups is 1. The summed E-state index contributed by atoms with van der Waals surface area (Å²) in [5.41, 5.74) is -0.153. The average molecular weight is 269 g/mol. The molecule has 0 saturated heterocycles. The van der Waals surface area contributed by atoms with Gasteiger partial charge in [0.2, 0.25) is 11.6 Å². The van der Waals surface area contributed by atoms with Crippen LogP contribution in [0, 0.1) is 10.1 Å². The highest BCUT2D eigenvalue weighted by Crippen LogP contribution is 2.29. The summed E-state index contributed by atoms with van der Waals surface area (Å²) in [7, 11) is 0. The summed E-state index contributed by atoms with van der Waals surface area (Å²) in [5, 5.41) is 25.7. The molecule has 0 spiro atoms. The van der Waals surface area contributed by atoms with Crippen LogP contribution in [0.2, 0.25) is 0 Å². The van der Waals surface area contributed by atoms with Gasteiger partial charge in [0.1, 0.15) is 6.33 Å². The zero-order valence-corrected chi connectivity index (χ0v) is 11.1. The van der Waals surface area contributed by atoms with E-state index in [4.69, 9.17) is 5.11 Å². The fraction of sp³-hybridized carbons (Fsp3) is 0.636. The number of rotatable bonds is 8. The third-order valence-corrected chi connectivity index (χ3v) is 2.53. The van der Waals surface area contributed by atoms with Gasteiger partial charge in [0.15, 0.2) is 0 Å². The molecule has 8 heteroatoms. The Kier molecular flexibility index (Phi) is 5.94. The van der Waals surface area contributed by atoms with Crippen molar-refractivity contribution in [1.82, 2.24) is 9.97 Å². The second-order valence-corrected chi connectivity index (χ2v) is 4.12. The molecule has 106 valence electrons. The predicted molar refractivity (Wildman–Crippen MR) is 72.3 cm³/mol. The van der Waals surface area contributed by atoms with E-state index in [1.807, 2.05) is 13.8 Å². The summed E-state index contributed by atoms with van der Waals surface area (Å²) in [6.45, 7) is 4.36. The molecular formula is C11H19N5O3. The maximum absolute atomic E-state index is 11.1. The fourth-order valence-electron chi connectivity index (χ4n) is 1.66. The molecule has 8 nitrogen and oxygen atoms in total. The highest BCUT2D eigenvalue weighted by molar-refractivity contribution is 5.69. The highest BCUT2D eigenvalue weighted by Gasteiger charge is 2.23. The van der Waals surface area contributed by atoms with Crippen molar-refractivity contribution in [2.24, 2.45) is 0 Å². The van der Waals surface area contributed by atoms with E-state index in [1.54, 1.807) is 0 Å². The van der Waals surface area contributed by atoms with E-state index >= 15 is 0 Å². The summed E-state index contributed by atoms with van der Waals surface area (Å²) in [5.74, 6) is 0.403. The number of aromatic nitrogens is 2. The zero-order chi connectivity index (χ0) is 14.3. The van der Waals surface area contributed by atoms with Crippen molar-refractivity contribution < 1.29 is 10.0 Å². The Labute approximate surface area is 111 Å². The van der Waals surface area contributed by atoms with Gasteiger partial charge in [-0.25, -0.2) is 9.97 Å². The fourth-order valence-corrected chi connectivity index (χ4v) is 1.66. The average Bonchev–Trinajstić information content (AvgIpc) is 2.36. The van der Waals surface area contributed by atoms with Crippen molar-refractivity contribution in [1.29, 1.82) is 0 Å². The summed E-state index contributed by atoms with van der Waals surface area (Å²) in [6, 6.07) is -0.0183. The number of nitrogens with zero attached hydrogens (tertiary/aromatic N) is 3. The molecule has 1 heterocycles. The van der Waals surface area contributed by atoms with Gasteiger partial charge in [0.05, 0.1) is 4.92 Å². The van der Waals surface area contributed by atoms with E-state index in [0.29, 0.717) is 19.4 Å². The van der Waals surface area contributed by atoms with Gasteiger partial charge in [-0.2, -0.15) is 0 Å². The van der Waals surface area contributed by atoms with Gasteiger partial charge in [-0.3, -0.25) is 10.1 Å². The van der Waals surface area contributed by atoms with Crippen molar-refractivity contribution in [2.75, 3.05) is 23.8 Å². The molecule has 0 aromatic carbocycles. The molecule has 0 amide bonds. The largest absolute Gasteiger partial charge is 0.396 e. The molecule has 1 aromatic rings. The molecule has 19 heavy (non-hydrogen) atoms. The lowest BCUT2D eigenvalue weighted by molar-refractivity contribution is -0.383. The SMILES string of the molecule is CCNc1ncnc(NC(C)CCCO)c1[N+](=O)[O-]. The van der Waals surface area contributed by atoms with Gasteiger partial charge in [0.25, 0.3) is 0 Å². The number of aliphatic hydroxyl groups excluding tert-OH is 1. The summed E-state index contributed by atoms with van der Waals surface area (Å²) in [4.78, 5) is 18.4. The van der Waals surface area contributed by atoms with Crippen LogP contribution in [0.1, 0.15) is 26.7 Å². The molecule has 0 aliphatic heterocycles. The van der Waals surface area contributed by atoms with Crippen LogP contribution in [0.15, 0.2) is 6.33 Å². The highest BCUT2D eigenvalue weighted by atomic mass is 16.6.